The van der Waals surface area contributed by atoms with Crippen LogP contribution in [0.1, 0.15) is 19.3 Å². The zero-order valence-electron chi connectivity index (χ0n) is 13.8. The predicted octanol–water partition coefficient (Wildman–Crippen LogP) is 4.52. The third kappa shape index (κ3) is 3.86. The van der Waals surface area contributed by atoms with Crippen LogP contribution in [0.4, 0.5) is 10.5 Å². The molecule has 0 fully saturated rings. The number of hydrogen-bond donors (Lipinski definition) is 2. The minimum absolute atomic E-state index is 0.197. The van der Waals surface area contributed by atoms with Crippen molar-refractivity contribution in [2.75, 3.05) is 25.6 Å². The van der Waals surface area contributed by atoms with Crippen molar-refractivity contribution in [2.24, 2.45) is 0 Å². The van der Waals surface area contributed by atoms with E-state index >= 15 is 0 Å². The first-order valence-corrected chi connectivity index (χ1v) is 8.23. The van der Waals surface area contributed by atoms with E-state index in [0.29, 0.717) is 6.54 Å². The Labute approximate surface area is 141 Å². The topological polar surface area (TPSA) is 63.5 Å². The Balaban J connectivity index is 1.57. The van der Waals surface area contributed by atoms with Gasteiger partial charge in [-0.25, -0.2) is 4.79 Å². The second kappa shape index (κ2) is 7.84. The molecule has 1 heterocycles. The number of amides is 2. The third-order valence-corrected chi connectivity index (χ3v) is 3.95. The summed E-state index contributed by atoms with van der Waals surface area (Å²) in [5.74, 6) is 0. The predicted molar refractivity (Wildman–Crippen MR) is 96.5 cm³/mol. The minimum Gasteiger partial charge on any atom is -0.456 e. The number of carbonyl (C=O) groups excluding carboxylic acids is 1. The molecule has 5 nitrogen and oxygen atoms in total. The highest BCUT2D eigenvalue weighted by Gasteiger charge is 2.08. The van der Waals surface area contributed by atoms with Gasteiger partial charge in [-0.3, -0.25) is 0 Å². The number of nitrogens with one attached hydrogen (secondary N) is 2. The van der Waals surface area contributed by atoms with Gasteiger partial charge in [0.15, 0.2) is 0 Å². The van der Waals surface area contributed by atoms with Crippen molar-refractivity contribution in [3.8, 4) is 0 Å². The second-order valence-corrected chi connectivity index (χ2v) is 5.74. The average Bonchev–Trinajstić information content (AvgIpc) is 2.95. The number of furan rings is 1. The Morgan fingerprint density at radius 2 is 1.88 bits per heavy atom. The standard InChI is InChI=1S/C19H22N2O3/c1-23-12-6-2-5-11-20-19(22)21-14-9-10-16-15-7-3-4-8-17(15)24-18(16)13-14/h3-4,7-10,13H,2,5-6,11-12H2,1H3,(H2,20,21,22). The van der Waals surface area contributed by atoms with Crippen LogP contribution >= 0.6 is 0 Å². The number of ether oxygens (including phenoxy) is 1. The number of unbranched alkanes of at least 4 members (excludes halogenated alkanes) is 2. The van der Waals surface area contributed by atoms with Crippen molar-refractivity contribution in [3.63, 3.8) is 0 Å². The SMILES string of the molecule is COCCCCCNC(=O)Nc1ccc2c(c1)oc1ccccc12. The molecule has 3 rings (SSSR count). The fourth-order valence-electron chi connectivity index (χ4n) is 2.73. The molecule has 0 bridgehead atoms. The van der Waals surface area contributed by atoms with Gasteiger partial charge in [0, 0.05) is 42.8 Å². The van der Waals surface area contributed by atoms with E-state index in [-0.39, 0.29) is 6.03 Å². The van der Waals surface area contributed by atoms with Crippen LogP contribution < -0.4 is 10.6 Å². The maximum absolute atomic E-state index is 11.9. The van der Waals surface area contributed by atoms with Crippen LogP contribution in [0, 0.1) is 0 Å². The second-order valence-electron chi connectivity index (χ2n) is 5.74. The van der Waals surface area contributed by atoms with Crippen LogP contribution in [-0.2, 0) is 4.74 Å². The lowest BCUT2D eigenvalue weighted by atomic mass is 10.1. The van der Waals surface area contributed by atoms with Gasteiger partial charge in [0.05, 0.1) is 0 Å². The van der Waals surface area contributed by atoms with Gasteiger partial charge in [0.25, 0.3) is 0 Å². The first-order chi connectivity index (χ1) is 11.8. The van der Waals surface area contributed by atoms with Gasteiger partial charge >= 0.3 is 6.03 Å². The number of anilines is 1. The minimum atomic E-state index is -0.197. The molecule has 2 aromatic carbocycles. The van der Waals surface area contributed by atoms with Crippen LogP contribution in [0.25, 0.3) is 21.9 Å². The molecule has 126 valence electrons. The van der Waals surface area contributed by atoms with E-state index in [1.165, 1.54) is 0 Å². The number of fused-ring (bicyclic) bond motifs is 3. The van der Waals surface area contributed by atoms with Crippen LogP contribution in [0.2, 0.25) is 0 Å². The van der Waals surface area contributed by atoms with Gasteiger partial charge in [-0.1, -0.05) is 18.2 Å². The molecule has 0 radical (unpaired) electrons. The molecular weight excluding hydrogens is 304 g/mol. The van der Waals surface area contributed by atoms with Crippen molar-refractivity contribution in [2.45, 2.75) is 19.3 Å². The van der Waals surface area contributed by atoms with E-state index in [0.717, 1.165) is 53.5 Å². The van der Waals surface area contributed by atoms with E-state index in [1.54, 1.807) is 7.11 Å². The number of rotatable bonds is 7. The molecule has 3 aromatic rings. The maximum Gasteiger partial charge on any atom is 0.319 e. The fourth-order valence-corrected chi connectivity index (χ4v) is 2.73. The van der Waals surface area contributed by atoms with Crippen LogP contribution in [0.3, 0.4) is 0 Å². The zero-order valence-corrected chi connectivity index (χ0v) is 13.8. The molecule has 0 saturated carbocycles. The van der Waals surface area contributed by atoms with Crippen molar-refractivity contribution in [1.29, 1.82) is 0 Å². The highest BCUT2D eigenvalue weighted by molar-refractivity contribution is 6.06. The van der Waals surface area contributed by atoms with Crippen molar-refractivity contribution < 1.29 is 13.9 Å². The van der Waals surface area contributed by atoms with Crippen molar-refractivity contribution >= 4 is 33.7 Å². The third-order valence-electron chi connectivity index (χ3n) is 3.95. The molecule has 0 aliphatic rings. The summed E-state index contributed by atoms with van der Waals surface area (Å²) >= 11 is 0. The Morgan fingerprint density at radius 1 is 1.04 bits per heavy atom. The number of hydrogen-bond acceptors (Lipinski definition) is 3. The lowest BCUT2D eigenvalue weighted by Gasteiger charge is -2.07. The van der Waals surface area contributed by atoms with Gasteiger partial charge in [0.1, 0.15) is 11.2 Å². The molecular formula is C19H22N2O3. The highest BCUT2D eigenvalue weighted by Crippen LogP contribution is 2.30. The Morgan fingerprint density at radius 3 is 2.75 bits per heavy atom. The summed E-state index contributed by atoms with van der Waals surface area (Å²) in [6, 6.07) is 13.4. The largest absolute Gasteiger partial charge is 0.456 e. The number of urea groups is 1. The molecule has 0 spiro atoms. The van der Waals surface area contributed by atoms with Gasteiger partial charge in [-0.05, 0) is 37.5 Å². The van der Waals surface area contributed by atoms with Crippen molar-refractivity contribution in [3.05, 3.63) is 42.5 Å². The van der Waals surface area contributed by atoms with Crippen LogP contribution in [-0.4, -0.2) is 26.3 Å². The Hall–Kier alpha value is -2.53. The zero-order chi connectivity index (χ0) is 16.8. The molecule has 0 aliphatic heterocycles. The monoisotopic (exact) mass is 326 g/mol. The number of para-hydroxylation sites is 1. The average molecular weight is 326 g/mol. The van der Waals surface area contributed by atoms with E-state index < -0.39 is 0 Å². The van der Waals surface area contributed by atoms with E-state index in [2.05, 4.69) is 10.6 Å². The molecule has 0 unspecified atom stereocenters. The van der Waals surface area contributed by atoms with Crippen molar-refractivity contribution in [1.82, 2.24) is 5.32 Å². The number of methoxy groups -OCH3 is 1. The Kier molecular flexibility index (Phi) is 5.33. The summed E-state index contributed by atoms with van der Waals surface area (Å²) < 4.78 is 10.8. The number of benzene rings is 2. The molecule has 5 heteroatoms. The summed E-state index contributed by atoms with van der Waals surface area (Å²) in [6.07, 6.45) is 3.00. The lowest BCUT2D eigenvalue weighted by molar-refractivity contribution is 0.192. The van der Waals surface area contributed by atoms with E-state index in [4.69, 9.17) is 9.15 Å². The summed E-state index contributed by atoms with van der Waals surface area (Å²) in [4.78, 5) is 11.9. The normalized spacial score (nSPS) is 11.0. The molecule has 0 saturated heterocycles. The van der Waals surface area contributed by atoms with Gasteiger partial charge in [-0.15, -0.1) is 0 Å². The van der Waals surface area contributed by atoms with Gasteiger partial charge < -0.3 is 19.8 Å². The molecule has 0 atom stereocenters. The summed E-state index contributed by atoms with van der Waals surface area (Å²) in [7, 11) is 1.70. The van der Waals surface area contributed by atoms with E-state index in [1.807, 2.05) is 42.5 Å². The quantitative estimate of drug-likeness (QED) is 0.627. The maximum atomic E-state index is 11.9. The van der Waals surface area contributed by atoms with Gasteiger partial charge in [0.2, 0.25) is 0 Å². The Bertz CT molecular complexity index is 826. The summed E-state index contributed by atoms with van der Waals surface area (Å²) in [5.41, 5.74) is 2.34. The molecule has 1 aromatic heterocycles. The highest BCUT2D eigenvalue weighted by atomic mass is 16.5. The lowest BCUT2D eigenvalue weighted by Crippen LogP contribution is -2.29. The number of carbonyl (C=O) groups is 1. The molecule has 24 heavy (non-hydrogen) atoms. The van der Waals surface area contributed by atoms with Crippen LogP contribution in [0.15, 0.2) is 46.9 Å². The molecule has 2 amide bonds. The fraction of sp³-hybridized carbons (Fsp3) is 0.316. The van der Waals surface area contributed by atoms with Crippen LogP contribution in [0.5, 0.6) is 0 Å². The molecule has 2 N–H and O–H groups in total. The van der Waals surface area contributed by atoms with E-state index in [9.17, 15) is 4.79 Å². The summed E-state index contributed by atoms with van der Waals surface area (Å²) in [5, 5.41) is 7.84. The first-order valence-electron chi connectivity index (χ1n) is 8.23. The smallest absolute Gasteiger partial charge is 0.319 e. The first kappa shape index (κ1) is 16.3. The molecule has 0 aliphatic carbocycles. The van der Waals surface area contributed by atoms with Gasteiger partial charge in [-0.2, -0.15) is 0 Å². The summed E-state index contributed by atoms with van der Waals surface area (Å²) in [6.45, 7) is 1.42.